The fraction of sp³-hybridized carbons (Fsp3) is 0.231. The van der Waals surface area contributed by atoms with Crippen LogP contribution in [0.3, 0.4) is 0 Å². The second-order valence-corrected chi connectivity index (χ2v) is 4.28. The molecule has 0 amide bonds. The van der Waals surface area contributed by atoms with Crippen molar-refractivity contribution in [3.63, 3.8) is 0 Å². The number of hydrogen-bond acceptors (Lipinski definition) is 3. The van der Waals surface area contributed by atoms with Crippen LogP contribution in [0.2, 0.25) is 0 Å². The van der Waals surface area contributed by atoms with Gasteiger partial charge < -0.3 is 4.74 Å². The van der Waals surface area contributed by atoms with Gasteiger partial charge in [-0.15, -0.1) is 0 Å². The van der Waals surface area contributed by atoms with Gasteiger partial charge in [-0.3, -0.25) is 9.55 Å². The molecule has 21 heavy (non-hydrogen) atoms. The molecule has 0 atom stereocenters. The Kier molecular flexibility index (Phi) is 3.63. The molecule has 8 heteroatoms. The van der Waals surface area contributed by atoms with Gasteiger partial charge in [-0.05, 0) is 12.1 Å². The number of rotatable bonds is 2. The number of aromatic amines is 1. The summed E-state index contributed by atoms with van der Waals surface area (Å²) >= 11 is 0. The van der Waals surface area contributed by atoms with Crippen molar-refractivity contribution < 1.29 is 22.7 Å². The minimum atomic E-state index is -4.52. The number of methoxy groups -OCH3 is 1. The lowest BCUT2D eigenvalue weighted by molar-refractivity contribution is -0.137. The number of esters is 1. The molecule has 2 rings (SSSR count). The number of nitrogens with one attached hydrogen (secondary N) is 1. The van der Waals surface area contributed by atoms with Crippen LogP contribution in [0.25, 0.3) is 11.3 Å². The Morgan fingerprint density at radius 1 is 1.33 bits per heavy atom. The van der Waals surface area contributed by atoms with Crippen LogP contribution < -0.4 is 5.69 Å². The van der Waals surface area contributed by atoms with Crippen molar-refractivity contribution in [2.75, 3.05) is 7.11 Å². The number of halogens is 3. The van der Waals surface area contributed by atoms with Gasteiger partial charge in [0.1, 0.15) is 0 Å². The molecule has 0 radical (unpaired) electrons. The molecule has 0 aliphatic heterocycles. The zero-order valence-corrected chi connectivity index (χ0v) is 11.1. The molecule has 0 fully saturated rings. The molecular weight excluding hydrogens is 289 g/mol. The van der Waals surface area contributed by atoms with E-state index in [0.29, 0.717) is 0 Å². The highest BCUT2D eigenvalue weighted by Gasteiger charge is 2.31. The first-order valence-electron chi connectivity index (χ1n) is 5.80. The number of H-pyrrole nitrogens is 1. The average molecular weight is 300 g/mol. The maximum absolute atomic E-state index is 12.7. The highest BCUT2D eigenvalue weighted by atomic mass is 19.4. The molecule has 0 saturated carbocycles. The summed E-state index contributed by atoms with van der Waals surface area (Å²) in [5.74, 6) is -0.833. The first-order valence-corrected chi connectivity index (χ1v) is 5.80. The molecule has 0 saturated heterocycles. The van der Waals surface area contributed by atoms with Crippen LogP contribution >= 0.6 is 0 Å². The fourth-order valence-corrected chi connectivity index (χ4v) is 1.95. The normalized spacial score (nSPS) is 11.5. The van der Waals surface area contributed by atoms with E-state index in [9.17, 15) is 22.8 Å². The summed E-state index contributed by atoms with van der Waals surface area (Å²) in [7, 11) is 2.46. The maximum Gasteiger partial charge on any atom is 0.416 e. The predicted molar refractivity (Wildman–Crippen MR) is 67.8 cm³/mol. The molecule has 0 aliphatic carbocycles. The Labute approximate surface area is 117 Å². The Hall–Kier alpha value is -2.51. The van der Waals surface area contributed by atoms with Crippen LogP contribution in [0.5, 0.6) is 0 Å². The van der Waals surface area contributed by atoms with Gasteiger partial charge in [-0.2, -0.15) is 13.2 Å². The average Bonchev–Trinajstić information content (AvgIpc) is 2.73. The van der Waals surface area contributed by atoms with E-state index >= 15 is 0 Å². The number of imidazole rings is 1. The van der Waals surface area contributed by atoms with E-state index < -0.39 is 23.4 Å². The van der Waals surface area contributed by atoms with E-state index in [1.807, 2.05) is 0 Å². The Balaban J connectivity index is 2.67. The number of carbonyl (C=O) groups excluding carboxylic acids is 1. The van der Waals surface area contributed by atoms with Crippen LogP contribution in [-0.2, 0) is 18.0 Å². The lowest BCUT2D eigenvalue weighted by Crippen LogP contribution is -2.13. The van der Waals surface area contributed by atoms with Crippen LogP contribution in [0.15, 0.2) is 29.1 Å². The van der Waals surface area contributed by atoms with Crippen molar-refractivity contribution in [1.82, 2.24) is 9.55 Å². The van der Waals surface area contributed by atoms with Crippen molar-refractivity contribution in [3.8, 4) is 11.3 Å². The van der Waals surface area contributed by atoms with Crippen molar-refractivity contribution in [3.05, 3.63) is 46.0 Å². The van der Waals surface area contributed by atoms with Crippen LogP contribution in [0, 0.1) is 0 Å². The third-order valence-corrected chi connectivity index (χ3v) is 2.96. The molecule has 1 N–H and O–H groups in total. The van der Waals surface area contributed by atoms with E-state index in [2.05, 4.69) is 9.72 Å². The SMILES string of the molecule is COC(=O)c1[nH]c(=O)n(C)c1-c1cccc(C(F)(F)F)c1. The van der Waals surface area contributed by atoms with Gasteiger partial charge in [-0.1, -0.05) is 12.1 Å². The topological polar surface area (TPSA) is 64.1 Å². The third-order valence-electron chi connectivity index (χ3n) is 2.96. The molecule has 0 spiro atoms. The molecule has 1 aromatic heterocycles. The van der Waals surface area contributed by atoms with Crippen molar-refractivity contribution in [2.45, 2.75) is 6.18 Å². The second-order valence-electron chi connectivity index (χ2n) is 4.28. The Morgan fingerprint density at radius 3 is 2.57 bits per heavy atom. The van der Waals surface area contributed by atoms with Crippen LogP contribution in [0.4, 0.5) is 13.2 Å². The maximum atomic E-state index is 12.7. The summed E-state index contributed by atoms with van der Waals surface area (Å²) in [6, 6.07) is 4.36. The minimum Gasteiger partial charge on any atom is -0.464 e. The van der Waals surface area contributed by atoms with Gasteiger partial charge in [-0.25, -0.2) is 9.59 Å². The summed E-state index contributed by atoms with van der Waals surface area (Å²) in [5.41, 5.74) is -1.55. The molecule has 0 aliphatic rings. The molecule has 1 aromatic carbocycles. The second kappa shape index (κ2) is 5.12. The van der Waals surface area contributed by atoms with Crippen LogP contribution in [0.1, 0.15) is 16.1 Å². The molecule has 5 nitrogen and oxygen atoms in total. The quantitative estimate of drug-likeness (QED) is 0.865. The van der Waals surface area contributed by atoms with Crippen molar-refractivity contribution in [2.24, 2.45) is 7.05 Å². The molecular formula is C13H11F3N2O3. The summed E-state index contributed by atoms with van der Waals surface area (Å²) in [4.78, 5) is 25.5. The van der Waals surface area contributed by atoms with Gasteiger partial charge in [0.2, 0.25) is 0 Å². The molecule has 112 valence electrons. The van der Waals surface area contributed by atoms with Crippen molar-refractivity contribution >= 4 is 5.97 Å². The zero-order chi connectivity index (χ0) is 15.8. The first-order chi connectivity index (χ1) is 9.75. The first kappa shape index (κ1) is 14.9. The van der Waals surface area contributed by atoms with Gasteiger partial charge in [0.15, 0.2) is 5.69 Å². The number of hydrogen-bond donors (Lipinski definition) is 1. The molecule has 2 aromatic rings. The predicted octanol–water partition coefficient (Wildman–Crippen LogP) is 2.19. The molecule has 0 bridgehead atoms. The van der Waals surface area contributed by atoms with E-state index in [4.69, 9.17) is 0 Å². The number of benzene rings is 1. The monoisotopic (exact) mass is 300 g/mol. The van der Waals surface area contributed by atoms with Gasteiger partial charge >= 0.3 is 17.8 Å². The van der Waals surface area contributed by atoms with Gasteiger partial charge in [0.05, 0.1) is 18.4 Å². The number of carbonyl (C=O) groups is 1. The zero-order valence-electron chi connectivity index (χ0n) is 11.1. The minimum absolute atomic E-state index is 0.0398. The van der Waals surface area contributed by atoms with E-state index in [0.717, 1.165) is 23.8 Å². The number of aromatic nitrogens is 2. The Bertz CT molecular complexity index is 744. The highest BCUT2D eigenvalue weighted by Crippen LogP contribution is 2.32. The largest absolute Gasteiger partial charge is 0.464 e. The Morgan fingerprint density at radius 2 is 2.00 bits per heavy atom. The molecule has 0 unspecified atom stereocenters. The summed E-state index contributed by atoms with van der Waals surface area (Å²) in [5, 5.41) is 0. The smallest absolute Gasteiger partial charge is 0.416 e. The van der Waals surface area contributed by atoms with Gasteiger partial charge in [0, 0.05) is 12.6 Å². The summed E-state index contributed by atoms with van der Waals surface area (Å²) in [6.45, 7) is 0. The van der Waals surface area contributed by atoms with E-state index in [1.54, 1.807) is 0 Å². The number of nitrogens with zero attached hydrogens (tertiary/aromatic N) is 1. The standard InChI is InChI=1S/C13H11F3N2O3/c1-18-10(9(11(19)21-2)17-12(18)20)7-4-3-5-8(6-7)13(14,15)16/h3-6H,1-2H3,(H,17,20). The number of ether oxygens (including phenoxy) is 1. The van der Waals surface area contributed by atoms with Gasteiger partial charge in [0.25, 0.3) is 0 Å². The highest BCUT2D eigenvalue weighted by molar-refractivity contribution is 5.94. The van der Waals surface area contributed by atoms with E-state index in [-0.39, 0.29) is 17.0 Å². The fourth-order valence-electron chi connectivity index (χ4n) is 1.95. The number of alkyl halides is 3. The third kappa shape index (κ3) is 2.69. The summed E-state index contributed by atoms with van der Waals surface area (Å²) in [6.07, 6.45) is -4.52. The lowest BCUT2D eigenvalue weighted by atomic mass is 10.1. The summed E-state index contributed by atoms with van der Waals surface area (Å²) < 4.78 is 43.8. The van der Waals surface area contributed by atoms with E-state index in [1.165, 1.54) is 19.2 Å². The van der Waals surface area contributed by atoms with Crippen molar-refractivity contribution in [1.29, 1.82) is 0 Å². The molecule has 1 heterocycles. The van der Waals surface area contributed by atoms with Crippen LogP contribution in [-0.4, -0.2) is 22.6 Å². The lowest BCUT2D eigenvalue weighted by Gasteiger charge is -2.10.